The van der Waals surface area contributed by atoms with E-state index in [1.54, 1.807) is 12.1 Å². The van der Waals surface area contributed by atoms with Crippen LogP contribution in [-0.4, -0.2) is 0 Å². The predicted molar refractivity (Wildman–Crippen MR) is 106 cm³/mol. The highest BCUT2D eigenvalue weighted by Crippen LogP contribution is 2.55. The Morgan fingerprint density at radius 3 is 1.85 bits per heavy atom. The fraction of sp³-hybridized carbons (Fsp3) is 0.182. The molecule has 4 nitrogen and oxygen atoms in total. The van der Waals surface area contributed by atoms with Crippen molar-refractivity contribution in [1.29, 1.82) is 0 Å². The molecule has 1 aliphatic heterocycles. The summed E-state index contributed by atoms with van der Waals surface area (Å²) in [5.41, 5.74) is 4.14. The lowest BCUT2D eigenvalue weighted by atomic mass is 9.90. The Balaban J connectivity index is 1.86. The highest BCUT2D eigenvalue weighted by atomic mass is 31.2. The molecule has 5 heteroatoms. The van der Waals surface area contributed by atoms with Crippen LogP contribution < -0.4 is 13.6 Å². The fourth-order valence-corrected chi connectivity index (χ4v) is 4.56. The third-order valence-corrected chi connectivity index (χ3v) is 5.92. The van der Waals surface area contributed by atoms with E-state index in [9.17, 15) is 4.57 Å². The molecule has 0 unspecified atom stereocenters. The van der Waals surface area contributed by atoms with E-state index in [-0.39, 0.29) is 5.92 Å². The van der Waals surface area contributed by atoms with Crippen molar-refractivity contribution in [3.8, 4) is 17.2 Å². The molecule has 0 fully saturated rings. The molecule has 4 rings (SSSR count). The van der Waals surface area contributed by atoms with Crippen molar-refractivity contribution >= 4 is 7.82 Å². The molecule has 0 saturated carbocycles. The number of aryl methyl sites for hydroxylation is 2. The molecule has 0 aromatic heterocycles. The van der Waals surface area contributed by atoms with Crippen molar-refractivity contribution < 1.29 is 18.1 Å². The number of hydrogen-bond acceptors (Lipinski definition) is 4. The van der Waals surface area contributed by atoms with Gasteiger partial charge in [0.15, 0.2) is 0 Å². The second-order valence-corrected chi connectivity index (χ2v) is 8.28. The molecule has 3 aromatic rings. The lowest BCUT2D eigenvalue weighted by molar-refractivity contribution is 0.293. The van der Waals surface area contributed by atoms with Gasteiger partial charge in [-0.05, 0) is 38.1 Å². The van der Waals surface area contributed by atoms with E-state index >= 15 is 0 Å². The molecule has 0 N–H and O–H groups in total. The van der Waals surface area contributed by atoms with Crippen LogP contribution in [0, 0.1) is 13.8 Å². The van der Waals surface area contributed by atoms with E-state index < -0.39 is 7.82 Å². The van der Waals surface area contributed by atoms with Crippen molar-refractivity contribution in [1.82, 2.24) is 0 Å². The summed E-state index contributed by atoms with van der Waals surface area (Å²) in [5.74, 6) is 1.48. The molecule has 0 atom stereocenters. The lowest BCUT2D eigenvalue weighted by Gasteiger charge is -2.28. The summed E-state index contributed by atoms with van der Waals surface area (Å²) in [4.78, 5) is 0. The number of benzene rings is 3. The van der Waals surface area contributed by atoms with Crippen molar-refractivity contribution in [3.05, 3.63) is 89.0 Å². The fourth-order valence-electron chi connectivity index (χ4n) is 3.25. The van der Waals surface area contributed by atoms with Crippen LogP contribution >= 0.6 is 7.82 Å². The predicted octanol–water partition coefficient (Wildman–Crippen LogP) is 6.41. The van der Waals surface area contributed by atoms with Gasteiger partial charge in [0.2, 0.25) is 0 Å². The minimum Gasteiger partial charge on any atom is -0.386 e. The van der Waals surface area contributed by atoms with Crippen LogP contribution in [-0.2, 0) is 4.57 Å². The molecule has 0 bridgehead atoms. The van der Waals surface area contributed by atoms with E-state index in [1.807, 2.05) is 56.3 Å². The van der Waals surface area contributed by atoms with Gasteiger partial charge < -0.3 is 13.6 Å². The largest absolute Gasteiger partial charge is 0.647 e. The van der Waals surface area contributed by atoms with Gasteiger partial charge in [-0.2, -0.15) is 4.57 Å². The minimum atomic E-state index is -3.93. The summed E-state index contributed by atoms with van der Waals surface area (Å²) in [6, 6.07) is 20.5. The maximum absolute atomic E-state index is 13.5. The zero-order valence-corrected chi connectivity index (χ0v) is 16.4. The third-order valence-electron chi connectivity index (χ3n) is 4.64. The Morgan fingerprint density at radius 1 is 0.815 bits per heavy atom. The molecule has 3 aromatic carbocycles. The summed E-state index contributed by atoms with van der Waals surface area (Å²) in [5, 5.41) is 0. The molecular formula is C22H21O4P. The molecule has 0 amide bonds. The first kappa shape index (κ1) is 17.7. The molecule has 0 radical (unpaired) electrons. The third kappa shape index (κ3) is 3.58. The maximum Gasteiger partial charge on any atom is 0.647 e. The van der Waals surface area contributed by atoms with Crippen molar-refractivity contribution in [2.45, 2.75) is 26.7 Å². The monoisotopic (exact) mass is 380 g/mol. The summed E-state index contributed by atoms with van der Waals surface area (Å²) >= 11 is 0. The van der Waals surface area contributed by atoms with Crippen LogP contribution in [0.2, 0.25) is 0 Å². The Morgan fingerprint density at radius 2 is 1.33 bits per heavy atom. The molecule has 1 aliphatic rings. The van der Waals surface area contributed by atoms with Crippen LogP contribution in [0.5, 0.6) is 17.2 Å². The zero-order valence-electron chi connectivity index (χ0n) is 15.5. The summed E-state index contributed by atoms with van der Waals surface area (Å²) in [7, 11) is -3.93. The van der Waals surface area contributed by atoms with Gasteiger partial charge in [0.1, 0.15) is 17.2 Å². The molecule has 1 heterocycles. The summed E-state index contributed by atoms with van der Waals surface area (Å²) in [6.07, 6.45) is 0. The molecule has 27 heavy (non-hydrogen) atoms. The van der Waals surface area contributed by atoms with Crippen LogP contribution in [0.3, 0.4) is 0 Å². The van der Waals surface area contributed by atoms with Gasteiger partial charge in [-0.15, -0.1) is 0 Å². The topological polar surface area (TPSA) is 44.8 Å². The number of hydrogen-bond donors (Lipinski definition) is 0. The Labute approximate surface area is 159 Å². The Bertz CT molecular complexity index is 970. The van der Waals surface area contributed by atoms with Crippen LogP contribution in [0.1, 0.15) is 35.1 Å². The van der Waals surface area contributed by atoms with Crippen LogP contribution in [0.15, 0.2) is 66.7 Å². The van der Waals surface area contributed by atoms with Gasteiger partial charge in [-0.25, -0.2) is 0 Å². The van der Waals surface area contributed by atoms with Gasteiger partial charge in [-0.3, -0.25) is 0 Å². The second-order valence-electron chi connectivity index (χ2n) is 6.84. The second kappa shape index (κ2) is 6.79. The van der Waals surface area contributed by atoms with Crippen molar-refractivity contribution in [3.63, 3.8) is 0 Å². The van der Waals surface area contributed by atoms with E-state index in [0.29, 0.717) is 17.2 Å². The number of para-hydroxylation sites is 1. The maximum atomic E-state index is 13.5. The van der Waals surface area contributed by atoms with Gasteiger partial charge in [0.05, 0.1) is 0 Å². The standard InChI is InChI=1S/C22H21O4P/c1-15-9-11-21-19(13-15)17(3)20-14-16(2)10-12-22(20)26-27(23,25-21)24-18-7-5-4-6-8-18/h4-14,17H,1-3H3. The van der Waals surface area contributed by atoms with E-state index in [1.165, 1.54) is 0 Å². The van der Waals surface area contributed by atoms with E-state index in [4.69, 9.17) is 13.6 Å². The molecule has 0 saturated heterocycles. The number of phosphoric ester groups is 1. The van der Waals surface area contributed by atoms with Crippen LogP contribution in [0.4, 0.5) is 0 Å². The van der Waals surface area contributed by atoms with Gasteiger partial charge in [0.25, 0.3) is 0 Å². The first-order chi connectivity index (χ1) is 12.9. The number of rotatable bonds is 2. The normalized spacial score (nSPS) is 20.9. The van der Waals surface area contributed by atoms with Crippen molar-refractivity contribution in [2.24, 2.45) is 0 Å². The van der Waals surface area contributed by atoms with Gasteiger partial charge >= 0.3 is 7.82 Å². The zero-order chi connectivity index (χ0) is 19.0. The highest BCUT2D eigenvalue weighted by molar-refractivity contribution is 7.49. The summed E-state index contributed by atoms with van der Waals surface area (Å²) < 4.78 is 30.9. The van der Waals surface area contributed by atoms with Crippen molar-refractivity contribution in [2.75, 3.05) is 0 Å². The highest BCUT2D eigenvalue weighted by Gasteiger charge is 2.37. The SMILES string of the molecule is Cc1ccc2c(c1)C(C)c1cc(C)ccc1OP(=O)(Oc1ccccc1)O2. The minimum absolute atomic E-state index is 0.0280. The van der Waals surface area contributed by atoms with E-state index in [2.05, 4.69) is 19.1 Å². The average Bonchev–Trinajstić information content (AvgIpc) is 2.64. The Hall–Kier alpha value is -2.71. The number of phosphoric acid groups is 1. The quantitative estimate of drug-likeness (QED) is 0.482. The lowest BCUT2D eigenvalue weighted by Crippen LogP contribution is -2.14. The average molecular weight is 380 g/mol. The smallest absolute Gasteiger partial charge is 0.386 e. The van der Waals surface area contributed by atoms with Crippen LogP contribution in [0.25, 0.3) is 0 Å². The first-order valence-corrected chi connectivity index (χ1v) is 10.3. The number of fused-ring (bicyclic) bond motifs is 2. The molecular weight excluding hydrogens is 359 g/mol. The first-order valence-electron chi connectivity index (χ1n) is 8.88. The van der Waals surface area contributed by atoms with E-state index in [0.717, 1.165) is 22.3 Å². The molecule has 0 spiro atoms. The molecule has 138 valence electrons. The Kier molecular flexibility index (Phi) is 4.45. The van der Waals surface area contributed by atoms with Gasteiger partial charge in [0, 0.05) is 17.0 Å². The summed E-state index contributed by atoms with van der Waals surface area (Å²) in [6.45, 7) is 6.15. The van der Waals surface area contributed by atoms with Gasteiger partial charge in [-0.1, -0.05) is 60.5 Å². The molecule has 0 aliphatic carbocycles.